The summed E-state index contributed by atoms with van der Waals surface area (Å²) in [6.07, 6.45) is 1.18. The molecular formula is C12H27N3S. The lowest BCUT2D eigenvalue weighted by molar-refractivity contribution is 0.283. The van der Waals surface area contributed by atoms with Crippen molar-refractivity contribution in [2.24, 2.45) is 0 Å². The zero-order chi connectivity index (χ0) is 12.4. The Labute approximate surface area is 106 Å². The monoisotopic (exact) mass is 245 g/mol. The van der Waals surface area contributed by atoms with E-state index in [9.17, 15) is 0 Å². The van der Waals surface area contributed by atoms with Gasteiger partial charge >= 0.3 is 0 Å². The van der Waals surface area contributed by atoms with Crippen LogP contribution in [0, 0.1) is 0 Å². The molecule has 0 aromatic carbocycles. The molecule has 0 aliphatic rings. The van der Waals surface area contributed by atoms with Crippen LogP contribution >= 0.6 is 12.2 Å². The number of nitrogens with one attached hydrogen (secondary N) is 1. The summed E-state index contributed by atoms with van der Waals surface area (Å²) in [6.45, 7) is 15.1. The largest absolute Gasteiger partial charge is 0.363 e. The van der Waals surface area contributed by atoms with Crippen molar-refractivity contribution in [2.45, 2.75) is 34.1 Å². The van der Waals surface area contributed by atoms with Gasteiger partial charge in [-0.3, -0.25) is 0 Å². The highest BCUT2D eigenvalue weighted by atomic mass is 32.1. The van der Waals surface area contributed by atoms with Gasteiger partial charge in [0.25, 0.3) is 0 Å². The van der Waals surface area contributed by atoms with Crippen molar-refractivity contribution in [3.05, 3.63) is 0 Å². The van der Waals surface area contributed by atoms with Gasteiger partial charge in [0.15, 0.2) is 5.11 Å². The lowest BCUT2D eigenvalue weighted by Crippen LogP contribution is -2.41. The van der Waals surface area contributed by atoms with Gasteiger partial charge in [-0.1, -0.05) is 13.8 Å². The highest BCUT2D eigenvalue weighted by Gasteiger charge is 2.06. The number of rotatable bonds is 8. The van der Waals surface area contributed by atoms with Gasteiger partial charge < -0.3 is 15.1 Å². The average Bonchev–Trinajstić information content (AvgIpc) is 2.30. The van der Waals surface area contributed by atoms with E-state index < -0.39 is 0 Å². The molecular weight excluding hydrogens is 218 g/mol. The van der Waals surface area contributed by atoms with Crippen LogP contribution in [0.25, 0.3) is 0 Å². The molecule has 96 valence electrons. The molecule has 16 heavy (non-hydrogen) atoms. The van der Waals surface area contributed by atoms with Crippen LogP contribution in [0.4, 0.5) is 0 Å². The van der Waals surface area contributed by atoms with E-state index in [4.69, 9.17) is 12.2 Å². The molecule has 4 heteroatoms. The van der Waals surface area contributed by atoms with Crippen molar-refractivity contribution in [3.63, 3.8) is 0 Å². The van der Waals surface area contributed by atoms with Crippen LogP contribution in [-0.4, -0.2) is 54.2 Å². The molecule has 3 nitrogen and oxygen atoms in total. The van der Waals surface area contributed by atoms with Crippen LogP contribution in [0.1, 0.15) is 34.1 Å². The van der Waals surface area contributed by atoms with E-state index in [2.05, 4.69) is 42.8 Å². The molecule has 0 unspecified atom stereocenters. The minimum atomic E-state index is 0.893. The first kappa shape index (κ1) is 15.7. The summed E-state index contributed by atoms with van der Waals surface area (Å²) >= 11 is 5.31. The molecule has 0 spiro atoms. The molecule has 1 N–H and O–H groups in total. The maximum absolute atomic E-state index is 5.31. The van der Waals surface area contributed by atoms with Gasteiger partial charge in [0.1, 0.15) is 0 Å². The first-order chi connectivity index (χ1) is 7.69. The van der Waals surface area contributed by atoms with E-state index in [1.54, 1.807) is 0 Å². The van der Waals surface area contributed by atoms with Gasteiger partial charge in [-0.2, -0.15) is 0 Å². The molecule has 0 aromatic rings. The molecule has 0 amide bonds. The summed E-state index contributed by atoms with van der Waals surface area (Å²) in [7, 11) is 0. The lowest BCUT2D eigenvalue weighted by Gasteiger charge is -2.25. The minimum Gasteiger partial charge on any atom is -0.363 e. The maximum atomic E-state index is 5.31. The Morgan fingerprint density at radius 1 is 1.00 bits per heavy atom. The molecule has 0 radical (unpaired) electrons. The zero-order valence-electron chi connectivity index (χ0n) is 11.3. The number of hydrogen-bond donors (Lipinski definition) is 1. The van der Waals surface area contributed by atoms with Gasteiger partial charge in [-0.15, -0.1) is 0 Å². The van der Waals surface area contributed by atoms with Crippen LogP contribution < -0.4 is 5.32 Å². The predicted molar refractivity (Wildman–Crippen MR) is 75.9 cm³/mol. The van der Waals surface area contributed by atoms with E-state index in [1.165, 1.54) is 6.42 Å². The Morgan fingerprint density at radius 2 is 1.62 bits per heavy atom. The van der Waals surface area contributed by atoms with Crippen LogP contribution in [0.15, 0.2) is 0 Å². The van der Waals surface area contributed by atoms with Crippen LogP contribution in [0.3, 0.4) is 0 Å². The molecule has 0 aromatic heterocycles. The third-order valence-electron chi connectivity index (χ3n) is 2.79. The molecule has 0 atom stereocenters. The smallest absolute Gasteiger partial charge is 0.168 e. The Balaban J connectivity index is 3.82. The highest BCUT2D eigenvalue weighted by molar-refractivity contribution is 7.80. The van der Waals surface area contributed by atoms with Crippen molar-refractivity contribution in [1.82, 2.24) is 15.1 Å². The third kappa shape index (κ3) is 6.28. The first-order valence-electron chi connectivity index (χ1n) is 6.44. The molecule has 0 heterocycles. The van der Waals surface area contributed by atoms with Crippen molar-refractivity contribution in [2.75, 3.05) is 39.3 Å². The lowest BCUT2D eigenvalue weighted by atomic mass is 10.3. The standard InChI is InChI=1S/C12H27N3S/c1-5-13-12(16)15(8-4)11-9-10-14(6-2)7-3/h5-11H2,1-4H3,(H,13,16). The van der Waals surface area contributed by atoms with E-state index >= 15 is 0 Å². The van der Waals surface area contributed by atoms with Crippen LogP contribution in [0.2, 0.25) is 0 Å². The van der Waals surface area contributed by atoms with Crippen LogP contribution in [-0.2, 0) is 0 Å². The third-order valence-corrected chi connectivity index (χ3v) is 3.20. The van der Waals surface area contributed by atoms with Gasteiger partial charge in [0.2, 0.25) is 0 Å². The summed E-state index contributed by atoms with van der Waals surface area (Å²) in [6, 6.07) is 0. The summed E-state index contributed by atoms with van der Waals surface area (Å²) < 4.78 is 0. The predicted octanol–water partition coefficient (Wildman–Crippen LogP) is 1.93. The number of thiocarbonyl (C=S) groups is 1. The minimum absolute atomic E-state index is 0.893. The molecule has 0 saturated carbocycles. The number of nitrogens with zero attached hydrogens (tertiary/aromatic N) is 2. The van der Waals surface area contributed by atoms with Crippen molar-refractivity contribution < 1.29 is 0 Å². The highest BCUT2D eigenvalue weighted by Crippen LogP contribution is 1.96. The second kappa shape index (κ2) is 9.85. The molecule has 0 aliphatic heterocycles. The quantitative estimate of drug-likeness (QED) is 0.658. The zero-order valence-corrected chi connectivity index (χ0v) is 12.1. The van der Waals surface area contributed by atoms with E-state index in [0.29, 0.717) is 0 Å². The fourth-order valence-electron chi connectivity index (χ4n) is 1.69. The first-order valence-corrected chi connectivity index (χ1v) is 6.85. The van der Waals surface area contributed by atoms with Crippen molar-refractivity contribution >= 4 is 17.3 Å². The van der Waals surface area contributed by atoms with Crippen LogP contribution in [0.5, 0.6) is 0 Å². The second-order valence-corrected chi connectivity index (χ2v) is 4.18. The van der Waals surface area contributed by atoms with Gasteiger partial charge in [-0.05, 0) is 52.1 Å². The summed E-state index contributed by atoms with van der Waals surface area (Å²) in [5.74, 6) is 0. The van der Waals surface area contributed by atoms with E-state index in [0.717, 1.165) is 44.4 Å². The summed E-state index contributed by atoms with van der Waals surface area (Å²) in [5.41, 5.74) is 0. The van der Waals surface area contributed by atoms with Gasteiger partial charge in [0.05, 0.1) is 0 Å². The topological polar surface area (TPSA) is 18.5 Å². The Hall–Kier alpha value is -0.350. The SMILES string of the molecule is CCNC(=S)N(CC)CCCN(CC)CC. The summed E-state index contributed by atoms with van der Waals surface area (Å²) in [5, 5.41) is 4.10. The maximum Gasteiger partial charge on any atom is 0.168 e. The Kier molecular flexibility index (Phi) is 9.63. The molecule has 0 saturated heterocycles. The fraction of sp³-hybridized carbons (Fsp3) is 0.917. The molecule has 0 fully saturated rings. The van der Waals surface area contributed by atoms with Gasteiger partial charge in [0, 0.05) is 19.6 Å². The fourth-order valence-corrected chi connectivity index (χ4v) is 2.06. The average molecular weight is 245 g/mol. The molecule has 0 bridgehead atoms. The van der Waals surface area contributed by atoms with Gasteiger partial charge in [-0.25, -0.2) is 0 Å². The number of hydrogen-bond acceptors (Lipinski definition) is 2. The summed E-state index contributed by atoms with van der Waals surface area (Å²) in [4.78, 5) is 4.69. The Morgan fingerprint density at radius 3 is 2.06 bits per heavy atom. The van der Waals surface area contributed by atoms with Crippen molar-refractivity contribution in [1.29, 1.82) is 0 Å². The van der Waals surface area contributed by atoms with Crippen molar-refractivity contribution in [3.8, 4) is 0 Å². The normalized spacial score (nSPS) is 10.6. The molecule has 0 rings (SSSR count). The molecule has 0 aliphatic carbocycles. The second-order valence-electron chi connectivity index (χ2n) is 3.80. The van der Waals surface area contributed by atoms with E-state index in [1.807, 2.05) is 0 Å². The van der Waals surface area contributed by atoms with E-state index in [-0.39, 0.29) is 0 Å². The Bertz CT molecular complexity index is 181.